The van der Waals surface area contributed by atoms with Crippen molar-refractivity contribution < 1.29 is 14.3 Å². The van der Waals surface area contributed by atoms with E-state index in [-0.39, 0.29) is 6.61 Å². The van der Waals surface area contributed by atoms with Gasteiger partial charge in [0.25, 0.3) is 5.91 Å². The van der Waals surface area contributed by atoms with Crippen LogP contribution >= 0.6 is 0 Å². The Morgan fingerprint density at radius 2 is 1.67 bits per heavy atom. The summed E-state index contributed by atoms with van der Waals surface area (Å²) in [6.45, 7) is 0.257. The number of allylic oxidation sites excluding steroid dienone is 1. The summed E-state index contributed by atoms with van der Waals surface area (Å²) in [5.74, 6) is -1.83. The molecule has 88 valence electrons. The molecule has 0 unspecified atom stereocenters. The molecular weight excluding hydrogens is 197 g/mol. The molecule has 0 aromatic heterocycles. The van der Waals surface area contributed by atoms with Crippen molar-refractivity contribution in [2.45, 2.75) is 44.9 Å². The summed E-state index contributed by atoms with van der Waals surface area (Å²) in [5, 5.41) is 8.53. The first kappa shape index (κ1) is 14.1. The van der Waals surface area contributed by atoms with Gasteiger partial charge in [-0.05, 0) is 25.3 Å². The van der Waals surface area contributed by atoms with Crippen LogP contribution < -0.4 is 5.73 Å². The zero-order valence-corrected chi connectivity index (χ0v) is 9.04. The van der Waals surface area contributed by atoms with E-state index in [1.165, 1.54) is 6.08 Å². The van der Waals surface area contributed by atoms with E-state index in [2.05, 4.69) is 0 Å². The zero-order valence-electron chi connectivity index (χ0n) is 9.04. The van der Waals surface area contributed by atoms with Crippen LogP contribution in [0.1, 0.15) is 44.9 Å². The summed E-state index contributed by atoms with van der Waals surface area (Å²) >= 11 is 0. The molecule has 0 bridgehead atoms. The Hall–Kier alpha value is -0.900. The van der Waals surface area contributed by atoms with Crippen LogP contribution in [0.4, 0.5) is 4.39 Å². The minimum atomic E-state index is -0.988. The Kier molecular flexibility index (Phi) is 9.07. The van der Waals surface area contributed by atoms with Crippen LogP contribution in [0, 0.1) is 0 Å². The minimum absolute atomic E-state index is 0.257. The molecule has 0 rings (SSSR count). The first-order valence-corrected chi connectivity index (χ1v) is 5.44. The number of amides is 1. The number of carbonyl (C=O) groups is 1. The van der Waals surface area contributed by atoms with Gasteiger partial charge in [0, 0.05) is 6.61 Å². The topological polar surface area (TPSA) is 63.3 Å². The molecule has 0 aliphatic rings. The third kappa shape index (κ3) is 9.41. The quantitative estimate of drug-likeness (QED) is 0.458. The van der Waals surface area contributed by atoms with Crippen LogP contribution in [0.2, 0.25) is 0 Å². The van der Waals surface area contributed by atoms with Crippen molar-refractivity contribution in [2.24, 2.45) is 5.73 Å². The van der Waals surface area contributed by atoms with E-state index in [0.717, 1.165) is 38.5 Å². The molecular formula is C11H20FNO2. The molecule has 15 heavy (non-hydrogen) atoms. The van der Waals surface area contributed by atoms with Crippen molar-refractivity contribution in [3.8, 4) is 0 Å². The summed E-state index contributed by atoms with van der Waals surface area (Å²) in [4.78, 5) is 10.3. The summed E-state index contributed by atoms with van der Waals surface area (Å²) in [7, 11) is 0. The fraction of sp³-hybridized carbons (Fsp3) is 0.727. The summed E-state index contributed by atoms with van der Waals surface area (Å²) in [6, 6.07) is 0. The summed E-state index contributed by atoms with van der Waals surface area (Å²) in [5.41, 5.74) is 4.73. The summed E-state index contributed by atoms with van der Waals surface area (Å²) < 4.78 is 12.6. The molecule has 0 heterocycles. The molecule has 0 atom stereocenters. The standard InChI is InChI=1S/C11H20FNO2/c12-10(11(13)15)8-6-4-2-1-3-5-7-9-14/h8,14H,1-7,9H2,(H2,13,15)/b10-8-. The Bertz CT molecular complexity index is 205. The lowest BCUT2D eigenvalue weighted by atomic mass is 10.1. The van der Waals surface area contributed by atoms with Crippen molar-refractivity contribution in [3.63, 3.8) is 0 Å². The highest BCUT2D eigenvalue weighted by molar-refractivity contribution is 5.89. The maximum absolute atomic E-state index is 12.6. The van der Waals surface area contributed by atoms with E-state index in [4.69, 9.17) is 10.8 Å². The number of hydrogen-bond acceptors (Lipinski definition) is 2. The molecule has 0 spiro atoms. The first-order valence-electron chi connectivity index (χ1n) is 5.44. The van der Waals surface area contributed by atoms with E-state index < -0.39 is 11.7 Å². The second kappa shape index (κ2) is 9.65. The maximum Gasteiger partial charge on any atom is 0.277 e. The third-order valence-electron chi connectivity index (χ3n) is 2.17. The van der Waals surface area contributed by atoms with Crippen LogP contribution in [0.25, 0.3) is 0 Å². The van der Waals surface area contributed by atoms with Crippen molar-refractivity contribution >= 4 is 5.91 Å². The minimum Gasteiger partial charge on any atom is -0.396 e. The first-order chi connectivity index (χ1) is 7.18. The predicted molar refractivity (Wildman–Crippen MR) is 57.8 cm³/mol. The average molecular weight is 217 g/mol. The molecule has 0 saturated heterocycles. The van der Waals surface area contributed by atoms with E-state index in [1.54, 1.807) is 0 Å². The Labute approximate surface area is 90.2 Å². The number of halogens is 1. The predicted octanol–water partition coefficient (Wildman–Crippen LogP) is 2.05. The van der Waals surface area contributed by atoms with Gasteiger partial charge in [0.15, 0.2) is 5.83 Å². The van der Waals surface area contributed by atoms with Crippen molar-refractivity contribution in [2.75, 3.05) is 6.61 Å². The fourth-order valence-corrected chi connectivity index (χ4v) is 1.29. The molecule has 3 nitrogen and oxygen atoms in total. The van der Waals surface area contributed by atoms with E-state index in [1.807, 2.05) is 0 Å². The van der Waals surface area contributed by atoms with Crippen molar-refractivity contribution in [1.29, 1.82) is 0 Å². The number of hydrogen-bond donors (Lipinski definition) is 2. The molecule has 0 fully saturated rings. The van der Waals surface area contributed by atoms with E-state index in [0.29, 0.717) is 6.42 Å². The molecule has 0 aromatic carbocycles. The number of nitrogens with two attached hydrogens (primary N) is 1. The number of aliphatic hydroxyl groups is 1. The second-order valence-corrected chi connectivity index (χ2v) is 3.55. The third-order valence-corrected chi connectivity index (χ3v) is 2.17. The van der Waals surface area contributed by atoms with Crippen molar-refractivity contribution in [3.05, 3.63) is 11.9 Å². The largest absolute Gasteiger partial charge is 0.396 e. The van der Waals surface area contributed by atoms with E-state index >= 15 is 0 Å². The fourth-order valence-electron chi connectivity index (χ4n) is 1.29. The number of aliphatic hydroxyl groups excluding tert-OH is 1. The van der Waals surface area contributed by atoms with Crippen LogP contribution in [-0.4, -0.2) is 17.6 Å². The van der Waals surface area contributed by atoms with Gasteiger partial charge in [0.2, 0.25) is 0 Å². The molecule has 1 amide bonds. The lowest BCUT2D eigenvalue weighted by Gasteiger charge is -1.98. The van der Waals surface area contributed by atoms with Gasteiger partial charge in [-0.25, -0.2) is 4.39 Å². The molecule has 0 radical (unpaired) electrons. The Morgan fingerprint density at radius 3 is 2.20 bits per heavy atom. The van der Waals surface area contributed by atoms with Crippen LogP contribution in [0.5, 0.6) is 0 Å². The number of unbranched alkanes of at least 4 members (excludes halogenated alkanes) is 6. The van der Waals surface area contributed by atoms with Crippen LogP contribution in [-0.2, 0) is 4.79 Å². The van der Waals surface area contributed by atoms with Gasteiger partial charge in [-0.1, -0.05) is 25.7 Å². The zero-order chi connectivity index (χ0) is 11.5. The normalized spacial score (nSPS) is 11.7. The Morgan fingerprint density at radius 1 is 1.13 bits per heavy atom. The van der Waals surface area contributed by atoms with Gasteiger partial charge >= 0.3 is 0 Å². The average Bonchev–Trinajstić information content (AvgIpc) is 2.21. The highest BCUT2D eigenvalue weighted by atomic mass is 19.1. The van der Waals surface area contributed by atoms with Gasteiger partial charge in [-0.15, -0.1) is 0 Å². The van der Waals surface area contributed by atoms with Crippen molar-refractivity contribution in [1.82, 2.24) is 0 Å². The van der Waals surface area contributed by atoms with Gasteiger partial charge in [-0.3, -0.25) is 4.79 Å². The van der Waals surface area contributed by atoms with Gasteiger partial charge in [0.05, 0.1) is 0 Å². The molecule has 4 heteroatoms. The monoisotopic (exact) mass is 217 g/mol. The molecule has 3 N–H and O–H groups in total. The lowest BCUT2D eigenvalue weighted by Crippen LogP contribution is -2.10. The number of rotatable bonds is 9. The van der Waals surface area contributed by atoms with Gasteiger partial charge < -0.3 is 10.8 Å². The van der Waals surface area contributed by atoms with Gasteiger partial charge in [0.1, 0.15) is 0 Å². The summed E-state index contributed by atoms with van der Waals surface area (Å²) in [6.07, 6.45) is 7.80. The molecule has 0 aromatic rings. The van der Waals surface area contributed by atoms with E-state index in [9.17, 15) is 9.18 Å². The molecule has 0 aliphatic carbocycles. The highest BCUT2D eigenvalue weighted by Gasteiger charge is 2.00. The van der Waals surface area contributed by atoms with Crippen LogP contribution in [0.3, 0.4) is 0 Å². The Balaban J connectivity index is 3.25. The highest BCUT2D eigenvalue weighted by Crippen LogP contribution is 2.08. The maximum atomic E-state index is 12.6. The smallest absolute Gasteiger partial charge is 0.277 e. The lowest BCUT2D eigenvalue weighted by molar-refractivity contribution is -0.115. The number of primary amides is 1. The molecule has 0 aliphatic heterocycles. The van der Waals surface area contributed by atoms with Gasteiger partial charge in [-0.2, -0.15) is 0 Å². The SMILES string of the molecule is NC(=O)/C(F)=C/CCCCCCCCO. The van der Waals surface area contributed by atoms with Crippen LogP contribution in [0.15, 0.2) is 11.9 Å². The number of carbonyl (C=O) groups excluding carboxylic acids is 1. The second-order valence-electron chi connectivity index (χ2n) is 3.55. The molecule has 0 saturated carbocycles.